The first kappa shape index (κ1) is 25.5. The minimum Gasteiger partial charge on any atom is -0.481 e. The lowest BCUT2D eigenvalue weighted by Gasteiger charge is -2.16. The second kappa shape index (κ2) is 9.95. The monoisotopic (exact) mass is 533 g/mol. The zero-order valence-corrected chi connectivity index (χ0v) is 21.5. The van der Waals surface area contributed by atoms with Crippen LogP contribution in [0, 0.1) is 5.82 Å². The van der Waals surface area contributed by atoms with Gasteiger partial charge in [0.1, 0.15) is 17.7 Å². The lowest BCUT2D eigenvalue weighted by molar-refractivity contribution is -0.140. The molecule has 1 aromatic heterocycles. The minimum absolute atomic E-state index is 0.176. The number of carbonyl (C=O) groups is 2. The van der Waals surface area contributed by atoms with Crippen molar-refractivity contribution in [3.63, 3.8) is 0 Å². The van der Waals surface area contributed by atoms with E-state index in [1.165, 1.54) is 22.9 Å². The number of aromatic nitrogens is 2. The predicted molar refractivity (Wildman–Crippen MR) is 143 cm³/mol. The number of aryl methyl sites for hydroxylation is 1. The summed E-state index contributed by atoms with van der Waals surface area (Å²) in [5, 5.41) is 16.7. The first-order chi connectivity index (χ1) is 18.2. The fourth-order valence-corrected chi connectivity index (χ4v) is 4.87. The molecule has 7 nitrogen and oxygen atoms in total. The zero-order valence-electron chi connectivity index (χ0n) is 20.7. The number of nitrogens with one attached hydrogen (secondary N) is 1. The summed E-state index contributed by atoms with van der Waals surface area (Å²) in [5.74, 6) is -0.788. The lowest BCUT2D eigenvalue weighted by atomic mass is 9.93. The smallest absolute Gasteiger partial charge is 0.413 e. The van der Waals surface area contributed by atoms with E-state index < -0.39 is 29.4 Å². The quantitative estimate of drug-likeness (QED) is 0.267. The number of amides is 1. The Bertz CT molecular complexity index is 1510. The molecule has 2 N–H and O–H groups in total. The van der Waals surface area contributed by atoms with Crippen LogP contribution in [0.25, 0.3) is 22.3 Å². The average molecular weight is 534 g/mol. The Morgan fingerprint density at radius 1 is 1.05 bits per heavy atom. The van der Waals surface area contributed by atoms with Crippen molar-refractivity contribution in [3.8, 4) is 22.3 Å². The van der Waals surface area contributed by atoms with Gasteiger partial charge >= 0.3 is 12.1 Å². The van der Waals surface area contributed by atoms with Gasteiger partial charge in [-0.2, -0.15) is 5.10 Å². The van der Waals surface area contributed by atoms with Crippen molar-refractivity contribution < 1.29 is 23.8 Å². The van der Waals surface area contributed by atoms with Crippen LogP contribution in [0.15, 0.2) is 72.9 Å². The van der Waals surface area contributed by atoms with Crippen LogP contribution in [0.2, 0.25) is 5.02 Å². The second-order valence-electron chi connectivity index (χ2n) is 9.41. The van der Waals surface area contributed by atoms with Gasteiger partial charge in [0.25, 0.3) is 0 Å². The highest BCUT2D eigenvalue weighted by atomic mass is 35.5. The standard InChI is InChI=1S/C29H25ClFN3O4/c1-17(23-12-11-22(31)15-25(23)30)38-28(37)33-26-24(16-32-34(26)2)20-5-3-18(4-6-20)19-7-9-21(10-8-19)29(13-14-29)27(35)36/h3-12,15-17H,13-14H2,1-2H3,(H,33,37)(H,35,36)/t17-/m1/s1. The number of carboxylic acids is 1. The van der Waals surface area contributed by atoms with Crippen molar-refractivity contribution in [2.75, 3.05) is 5.32 Å². The van der Waals surface area contributed by atoms with Crippen LogP contribution in [0.1, 0.15) is 37.0 Å². The molecule has 0 radical (unpaired) electrons. The highest BCUT2D eigenvalue weighted by Crippen LogP contribution is 2.48. The van der Waals surface area contributed by atoms with E-state index in [1.54, 1.807) is 20.2 Å². The molecule has 0 aliphatic heterocycles. The Balaban J connectivity index is 1.30. The molecule has 0 spiro atoms. The van der Waals surface area contributed by atoms with Crippen LogP contribution in [-0.2, 0) is 22.0 Å². The lowest BCUT2D eigenvalue weighted by Crippen LogP contribution is -2.19. The number of benzene rings is 3. The number of halogens is 2. The van der Waals surface area contributed by atoms with Gasteiger partial charge in [-0.25, -0.2) is 9.18 Å². The summed E-state index contributed by atoms with van der Waals surface area (Å²) in [4.78, 5) is 24.3. The molecule has 1 aliphatic carbocycles. The van der Waals surface area contributed by atoms with Crippen LogP contribution in [-0.4, -0.2) is 26.9 Å². The molecule has 5 rings (SSSR count). The molecular formula is C29H25ClFN3O4. The van der Waals surface area contributed by atoms with Crippen molar-refractivity contribution in [3.05, 3.63) is 94.9 Å². The topological polar surface area (TPSA) is 93.4 Å². The van der Waals surface area contributed by atoms with E-state index in [2.05, 4.69) is 10.4 Å². The third-order valence-corrected chi connectivity index (χ3v) is 7.30. The Hall–Kier alpha value is -4.17. The molecule has 38 heavy (non-hydrogen) atoms. The summed E-state index contributed by atoms with van der Waals surface area (Å²) in [6, 6.07) is 19.3. The van der Waals surface area contributed by atoms with Crippen molar-refractivity contribution in [2.24, 2.45) is 7.05 Å². The molecule has 0 bridgehead atoms. The van der Waals surface area contributed by atoms with E-state index in [1.807, 2.05) is 48.5 Å². The first-order valence-corrected chi connectivity index (χ1v) is 12.4. The molecule has 0 saturated heterocycles. The molecular weight excluding hydrogens is 509 g/mol. The number of hydrogen-bond donors (Lipinski definition) is 2. The normalized spacial score (nSPS) is 14.5. The van der Waals surface area contributed by atoms with E-state index in [4.69, 9.17) is 16.3 Å². The van der Waals surface area contributed by atoms with Crippen LogP contribution in [0.3, 0.4) is 0 Å². The number of carboxylic acid groups (broad SMARTS) is 1. The number of carbonyl (C=O) groups excluding carboxylic acids is 1. The average Bonchev–Trinajstić information content (AvgIpc) is 3.64. The van der Waals surface area contributed by atoms with Gasteiger partial charge in [-0.15, -0.1) is 0 Å². The number of ether oxygens (including phenoxy) is 1. The summed E-state index contributed by atoms with van der Waals surface area (Å²) >= 11 is 6.09. The van der Waals surface area contributed by atoms with Crippen LogP contribution in [0.4, 0.5) is 15.0 Å². The Labute approximate surface area is 223 Å². The highest BCUT2D eigenvalue weighted by Gasteiger charge is 2.51. The maximum atomic E-state index is 13.4. The summed E-state index contributed by atoms with van der Waals surface area (Å²) in [6.07, 6.45) is 1.60. The number of hydrogen-bond acceptors (Lipinski definition) is 4. The fraction of sp³-hybridized carbons (Fsp3) is 0.207. The third-order valence-electron chi connectivity index (χ3n) is 6.97. The number of rotatable bonds is 7. The molecule has 1 fully saturated rings. The Morgan fingerprint density at radius 3 is 2.24 bits per heavy atom. The molecule has 1 atom stereocenters. The van der Waals surface area contributed by atoms with Gasteiger partial charge in [-0.3, -0.25) is 14.8 Å². The van der Waals surface area contributed by atoms with E-state index in [0.717, 1.165) is 22.3 Å². The van der Waals surface area contributed by atoms with E-state index in [0.29, 0.717) is 29.8 Å². The Morgan fingerprint density at radius 2 is 1.66 bits per heavy atom. The molecule has 0 unspecified atom stereocenters. The molecule has 4 aromatic rings. The molecule has 194 valence electrons. The molecule has 1 heterocycles. The molecule has 1 aliphatic rings. The number of anilines is 1. The maximum Gasteiger partial charge on any atom is 0.413 e. The molecule has 3 aromatic carbocycles. The van der Waals surface area contributed by atoms with Gasteiger partial charge in [0, 0.05) is 18.2 Å². The van der Waals surface area contributed by atoms with Crippen molar-refractivity contribution in [1.29, 1.82) is 0 Å². The summed E-state index contributed by atoms with van der Waals surface area (Å²) in [5.41, 5.74) is 4.09. The fourth-order valence-electron chi connectivity index (χ4n) is 4.55. The summed E-state index contributed by atoms with van der Waals surface area (Å²) in [6.45, 7) is 1.65. The van der Waals surface area contributed by atoms with Gasteiger partial charge in [-0.05, 0) is 54.2 Å². The van der Waals surface area contributed by atoms with Gasteiger partial charge in [0.05, 0.1) is 16.6 Å². The predicted octanol–water partition coefficient (Wildman–Crippen LogP) is 6.97. The van der Waals surface area contributed by atoms with E-state index >= 15 is 0 Å². The number of aliphatic carboxylic acids is 1. The van der Waals surface area contributed by atoms with Gasteiger partial charge < -0.3 is 9.84 Å². The van der Waals surface area contributed by atoms with E-state index in [9.17, 15) is 19.1 Å². The summed E-state index contributed by atoms with van der Waals surface area (Å²) < 4.78 is 20.4. The van der Waals surface area contributed by atoms with Gasteiger partial charge in [-0.1, -0.05) is 66.2 Å². The van der Waals surface area contributed by atoms with Crippen molar-refractivity contribution in [1.82, 2.24) is 9.78 Å². The highest BCUT2D eigenvalue weighted by molar-refractivity contribution is 6.31. The SMILES string of the molecule is C[C@@H](OC(=O)Nc1c(-c2ccc(-c3ccc(C4(C(=O)O)CC4)cc3)cc2)cnn1C)c1ccc(F)cc1Cl. The Kier molecular flexibility index (Phi) is 6.67. The molecule has 9 heteroatoms. The van der Waals surface area contributed by atoms with Crippen molar-refractivity contribution >= 4 is 29.5 Å². The molecule has 1 amide bonds. The third kappa shape index (κ3) is 4.87. The zero-order chi connectivity index (χ0) is 27.0. The van der Waals surface area contributed by atoms with Crippen LogP contribution >= 0.6 is 11.6 Å². The van der Waals surface area contributed by atoms with Gasteiger partial charge in [0.15, 0.2) is 0 Å². The minimum atomic E-state index is -0.770. The maximum absolute atomic E-state index is 13.4. The van der Waals surface area contributed by atoms with E-state index in [-0.39, 0.29) is 5.02 Å². The first-order valence-electron chi connectivity index (χ1n) is 12.1. The van der Waals surface area contributed by atoms with Crippen LogP contribution in [0.5, 0.6) is 0 Å². The second-order valence-corrected chi connectivity index (χ2v) is 9.82. The molecule has 1 saturated carbocycles. The van der Waals surface area contributed by atoms with Gasteiger partial charge in [0.2, 0.25) is 0 Å². The van der Waals surface area contributed by atoms with Crippen molar-refractivity contribution in [2.45, 2.75) is 31.3 Å². The summed E-state index contributed by atoms with van der Waals surface area (Å²) in [7, 11) is 1.71. The number of nitrogens with zero attached hydrogens (tertiary/aromatic N) is 2. The van der Waals surface area contributed by atoms with Crippen LogP contribution < -0.4 is 5.32 Å². The largest absolute Gasteiger partial charge is 0.481 e.